The molecule has 2 aromatic heterocycles. The zero-order valence-corrected chi connectivity index (χ0v) is 16.3. The number of hydrogen-bond acceptors (Lipinski definition) is 7. The van der Waals surface area contributed by atoms with Gasteiger partial charge in [-0.2, -0.15) is 0 Å². The zero-order valence-electron chi connectivity index (χ0n) is 14.7. The third-order valence-corrected chi connectivity index (χ3v) is 5.43. The van der Waals surface area contributed by atoms with E-state index in [-0.39, 0.29) is 23.4 Å². The van der Waals surface area contributed by atoms with Gasteiger partial charge < -0.3 is 5.32 Å². The highest BCUT2D eigenvalue weighted by Crippen LogP contribution is 2.30. The normalized spacial score (nSPS) is 10.9. The second-order valence-corrected chi connectivity index (χ2v) is 7.78. The molecule has 0 radical (unpaired) electrons. The van der Waals surface area contributed by atoms with Crippen molar-refractivity contribution in [2.75, 3.05) is 11.1 Å². The van der Waals surface area contributed by atoms with Crippen LogP contribution in [0.4, 0.5) is 11.4 Å². The molecule has 0 fully saturated rings. The Labute approximate surface area is 163 Å². The maximum atomic E-state index is 12.2. The highest BCUT2D eigenvalue weighted by atomic mass is 32.2. The number of rotatable bonds is 7. The molecule has 140 valence electrons. The summed E-state index contributed by atoms with van der Waals surface area (Å²) < 4.78 is 2.01. The van der Waals surface area contributed by atoms with Gasteiger partial charge in [-0.3, -0.25) is 19.5 Å². The summed E-state index contributed by atoms with van der Waals surface area (Å²) in [5.41, 5.74) is 0.490. The number of nitrogens with one attached hydrogen (secondary N) is 1. The summed E-state index contributed by atoms with van der Waals surface area (Å²) in [6.45, 7) is 4.09. The number of carbonyl (C=O) groups is 1. The fourth-order valence-electron chi connectivity index (χ4n) is 2.41. The molecule has 1 aromatic carbocycles. The van der Waals surface area contributed by atoms with Gasteiger partial charge in [0.15, 0.2) is 11.0 Å². The second kappa shape index (κ2) is 8.31. The number of nitro benzene ring substituents is 1. The van der Waals surface area contributed by atoms with Crippen molar-refractivity contribution < 1.29 is 9.72 Å². The number of anilines is 1. The van der Waals surface area contributed by atoms with E-state index < -0.39 is 4.92 Å². The van der Waals surface area contributed by atoms with E-state index in [0.29, 0.717) is 10.8 Å². The Morgan fingerprint density at radius 2 is 2.04 bits per heavy atom. The molecule has 0 saturated heterocycles. The summed E-state index contributed by atoms with van der Waals surface area (Å²) in [7, 11) is 0. The van der Waals surface area contributed by atoms with Crippen molar-refractivity contribution in [2.24, 2.45) is 0 Å². The molecule has 1 N–H and O–H groups in total. The van der Waals surface area contributed by atoms with Crippen LogP contribution in [0.2, 0.25) is 0 Å². The van der Waals surface area contributed by atoms with Crippen molar-refractivity contribution >= 4 is 40.4 Å². The fourth-order valence-corrected chi connectivity index (χ4v) is 3.98. The van der Waals surface area contributed by atoms with Crippen molar-refractivity contribution in [1.82, 2.24) is 14.8 Å². The monoisotopic (exact) mass is 403 g/mol. The summed E-state index contributed by atoms with van der Waals surface area (Å²) in [5.74, 6) is 0.731. The molecular formula is C17H17N5O3S2. The molecule has 10 heteroatoms. The molecular weight excluding hydrogens is 386 g/mol. The molecule has 27 heavy (non-hydrogen) atoms. The van der Waals surface area contributed by atoms with Crippen LogP contribution in [0.15, 0.2) is 46.9 Å². The van der Waals surface area contributed by atoms with E-state index in [9.17, 15) is 14.9 Å². The molecule has 8 nitrogen and oxygen atoms in total. The molecule has 0 saturated carbocycles. The van der Waals surface area contributed by atoms with Crippen molar-refractivity contribution in [2.45, 2.75) is 25.0 Å². The minimum Gasteiger partial charge on any atom is -0.325 e. The SMILES string of the molecule is CC(C)n1c(SCC(=O)Nc2ccc([N+](=O)[O-])cc2)nnc1-c1cccs1. The molecule has 3 rings (SSSR count). The Morgan fingerprint density at radius 3 is 2.63 bits per heavy atom. The van der Waals surface area contributed by atoms with Gasteiger partial charge in [0.2, 0.25) is 5.91 Å². The predicted octanol–water partition coefficient (Wildman–Crippen LogP) is 4.23. The maximum Gasteiger partial charge on any atom is 0.269 e. The number of amides is 1. The Hall–Kier alpha value is -2.72. The van der Waals surface area contributed by atoms with Crippen LogP contribution in [0.25, 0.3) is 10.7 Å². The number of aromatic nitrogens is 3. The van der Waals surface area contributed by atoms with Gasteiger partial charge in [0.25, 0.3) is 5.69 Å². The second-order valence-electron chi connectivity index (χ2n) is 5.89. The molecule has 0 aliphatic carbocycles. The number of carbonyl (C=O) groups excluding carboxylic acids is 1. The molecule has 0 atom stereocenters. The lowest BCUT2D eigenvalue weighted by molar-refractivity contribution is -0.384. The van der Waals surface area contributed by atoms with E-state index in [1.165, 1.54) is 36.0 Å². The number of non-ortho nitro benzene ring substituents is 1. The third kappa shape index (κ3) is 4.52. The smallest absolute Gasteiger partial charge is 0.269 e. The standard InChI is InChI=1S/C17H17N5O3S2/c1-11(2)21-16(14-4-3-9-26-14)19-20-17(21)27-10-15(23)18-12-5-7-13(8-6-12)22(24)25/h3-9,11H,10H2,1-2H3,(H,18,23). The minimum atomic E-state index is -0.481. The number of nitro groups is 1. The van der Waals surface area contributed by atoms with Crippen molar-refractivity contribution in [3.8, 4) is 10.7 Å². The average molecular weight is 403 g/mol. The first-order valence-electron chi connectivity index (χ1n) is 8.11. The third-order valence-electron chi connectivity index (χ3n) is 3.62. The topological polar surface area (TPSA) is 103 Å². The van der Waals surface area contributed by atoms with E-state index >= 15 is 0 Å². The first-order chi connectivity index (χ1) is 13.0. The van der Waals surface area contributed by atoms with Crippen molar-refractivity contribution in [3.63, 3.8) is 0 Å². The van der Waals surface area contributed by atoms with E-state index in [2.05, 4.69) is 15.5 Å². The van der Waals surface area contributed by atoms with E-state index in [4.69, 9.17) is 0 Å². The zero-order chi connectivity index (χ0) is 19.4. The van der Waals surface area contributed by atoms with Gasteiger partial charge in [0, 0.05) is 23.9 Å². The molecule has 0 aliphatic heterocycles. The van der Waals surface area contributed by atoms with Crippen LogP contribution in [-0.2, 0) is 4.79 Å². The number of thiophene rings is 1. The van der Waals surface area contributed by atoms with E-state index in [1.54, 1.807) is 11.3 Å². The summed E-state index contributed by atoms with van der Waals surface area (Å²) in [6.07, 6.45) is 0. The molecule has 2 heterocycles. The van der Waals surface area contributed by atoms with Gasteiger partial charge >= 0.3 is 0 Å². The van der Waals surface area contributed by atoms with Gasteiger partial charge in [-0.1, -0.05) is 17.8 Å². The Morgan fingerprint density at radius 1 is 1.30 bits per heavy atom. The number of benzene rings is 1. The van der Waals surface area contributed by atoms with Crippen LogP contribution in [-0.4, -0.2) is 31.3 Å². The van der Waals surface area contributed by atoms with Crippen LogP contribution >= 0.6 is 23.1 Å². The number of nitrogens with zero attached hydrogens (tertiary/aromatic N) is 4. The Kier molecular flexibility index (Phi) is 5.87. The average Bonchev–Trinajstić information content (AvgIpc) is 3.29. The lowest BCUT2D eigenvalue weighted by Crippen LogP contribution is -2.15. The lowest BCUT2D eigenvalue weighted by Gasteiger charge is -2.12. The van der Waals surface area contributed by atoms with Crippen molar-refractivity contribution in [1.29, 1.82) is 0 Å². The van der Waals surface area contributed by atoms with E-state index in [0.717, 1.165) is 10.7 Å². The van der Waals surface area contributed by atoms with Gasteiger partial charge in [0.1, 0.15) is 0 Å². The summed E-state index contributed by atoms with van der Waals surface area (Å²) >= 11 is 2.89. The molecule has 0 bridgehead atoms. The van der Waals surface area contributed by atoms with Gasteiger partial charge in [-0.15, -0.1) is 21.5 Å². The maximum absolute atomic E-state index is 12.2. The molecule has 0 unspecified atom stereocenters. The largest absolute Gasteiger partial charge is 0.325 e. The number of hydrogen-bond donors (Lipinski definition) is 1. The van der Waals surface area contributed by atoms with Gasteiger partial charge in [0.05, 0.1) is 15.6 Å². The van der Waals surface area contributed by atoms with Crippen LogP contribution in [0.1, 0.15) is 19.9 Å². The highest BCUT2D eigenvalue weighted by Gasteiger charge is 2.18. The number of thioether (sulfide) groups is 1. The van der Waals surface area contributed by atoms with Crippen LogP contribution in [0, 0.1) is 10.1 Å². The Balaban J connectivity index is 1.66. The molecule has 1 amide bonds. The Bertz CT molecular complexity index is 936. The molecule has 0 spiro atoms. The van der Waals surface area contributed by atoms with Gasteiger partial charge in [-0.05, 0) is 37.4 Å². The van der Waals surface area contributed by atoms with Crippen molar-refractivity contribution in [3.05, 3.63) is 51.9 Å². The summed E-state index contributed by atoms with van der Waals surface area (Å²) in [4.78, 5) is 23.4. The summed E-state index contributed by atoms with van der Waals surface area (Å²) in [6, 6.07) is 9.82. The quantitative estimate of drug-likeness (QED) is 0.360. The van der Waals surface area contributed by atoms with Gasteiger partial charge in [-0.25, -0.2) is 0 Å². The first-order valence-corrected chi connectivity index (χ1v) is 9.98. The van der Waals surface area contributed by atoms with Crippen LogP contribution < -0.4 is 5.32 Å². The lowest BCUT2D eigenvalue weighted by atomic mass is 10.3. The minimum absolute atomic E-state index is 0.0199. The molecule has 3 aromatic rings. The highest BCUT2D eigenvalue weighted by molar-refractivity contribution is 7.99. The molecule has 0 aliphatic rings. The first kappa shape index (κ1) is 19.1. The fraction of sp³-hybridized carbons (Fsp3) is 0.235. The summed E-state index contributed by atoms with van der Waals surface area (Å²) in [5, 5.41) is 24.6. The van der Waals surface area contributed by atoms with E-state index in [1.807, 2.05) is 35.9 Å². The predicted molar refractivity (Wildman–Crippen MR) is 106 cm³/mol. The van der Waals surface area contributed by atoms with Crippen LogP contribution in [0.5, 0.6) is 0 Å². The van der Waals surface area contributed by atoms with Crippen LogP contribution in [0.3, 0.4) is 0 Å².